The first-order chi connectivity index (χ1) is 15.4. The monoisotopic (exact) mass is 461 g/mol. The number of piperidine rings is 1. The van der Waals surface area contributed by atoms with Crippen LogP contribution in [0.1, 0.15) is 44.0 Å². The predicted octanol–water partition coefficient (Wildman–Crippen LogP) is 2.85. The number of anilines is 2. The van der Waals surface area contributed by atoms with Gasteiger partial charge in [-0.2, -0.15) is 14.8 Å². The molecule has 2 aromatic rings. The highest BCUT2D eigenvalue weighted by Gasteiger charge is 2.48. The average Bonchev–Trinajstić information content (AvgIpc) is 3.14. The largest absolute Gasteiger partial charge is 0.444 e. The second-order valence-corrected chi connectivity index (χ2v) is 8.78. The molecule has 10 nitrogen and oxygen atoms in total. The molecule has 0 bridgehead atoms. The highest BCUT2D eigenvalue weighted by atomic mass is 19.1. The summed E-state index contributed by atoms with van der Waals surface area (Å²) in [7, 11) is 0. The Kier molecular flexibility index (Phi) is 6.53. The van der Waals surface area contributed by atoms with E-state index in [-0.39, 0.29) is 37.3 Å². The quantitative estimate of drug-likeness (QED) is 0.653. The number of carbonyl (C=O) groups is 2. The van der Waals surface area contributed by atoms with Gasteiger partial charge in [0.15, 0.2) is 5.82 Å². The molecule has 176 valence electrons. The van der Waals surface area contributed by atoms with Gasteiger partial charge in [0, 0.05) is 12.7 Å². The number of hydrogen-bond donors (Lipinski definition) is 2. The minimum Gasteiger partial charge on any atom is -0.444 e. The number of halogens is 2. The van der Waals surface area contributed by atoms with Gasteiger partial charge in [-0.1, -0.05) is 0 Å². The molecule has 33 heavy (non-hydrogen) atoms. The number of aromatic nitrogens is 3. The molecule has 3 N–H and O–H groups in total. The average molecular weight is 461 g/mol. The van der Waals surface area contributed by atoms with Gasteiger partial charge >= 0.3 is 6.09 Å². The lowest BCUT2D eigenvalue weighted by molar-refractivity contribution is -0.0179. The second-order valence-electron chi connectivity index (χ2n) is 8.78. The fraction of sp³-hybridized carbons (Fsp3) is 0.476. The van der Waals surface area contributed by atoms with Crippen molar-refractivity contribution in [2.75, 3.05) is 18.4 Å². The number of pyridine rings is 1. The van der Waals surface area contributed by atoms with E-state index in [2.05, 4.69) is 15.4 Å². The van der Waals surface area contributed by atoms with Crippen LogP contribution in [0, 0.1) is 17.3 Å². The first-order valence-corrected chi connectivity index (χ1v) is 10.2. The van der Waals surface area contributed by atoms with Crippen LogP contribution in [0.15, 0.2) is 24.5 Å². The zero-order valence-corrected chi connectivity index (χ0v) is 18.5. The summed E-state index contributed by atoms with van der Waals surface area (Å²) in [6, 6.07) is 4.48. The van der Waals surface area contributed by atoms with Gasteiger partial charge in [0.1, 0.15) is 22.9 Å². The van der Waals surface area contributed by atoms with Crippen molar-refractivity contribution in [3.05, 3.63) is 36.0 Å². The van der Waals surface area contributed by atoms with E-state index >= 15 is 4.39 Å². The molecular weight excluding hydrogens is 436 g/mol. The molecule has 3 rings (SSSR count). The van der Waals surface area contributed by atoms with Crippen LogP contribution >= 0.6 is 0 Å². The molecule has 3 heterocycles. The predicted molar refractivity (Wildman–Crippen MR) is 114 cm³/mol. The first kappa shape index (κ1) is 23.9. The third-order valence-electron chi connectivity index (χ3n) is 5.24. The second kappa shape index (κ2) is 9.01. The number of nitrogens with zero attached hydrogens (tertiary/aromatic N) is 5. The molecular formula is C21H25F2N7O3. The van der Waals surface area contributed by atoms with Gasteiger partial charge in [0.25, 0.3) is 5.91 Å². The Morgan fingerprint density at radius 3 is 2.70 bits per heavy atom. The maximum Gasteiger partial charge on any atom is 0.410 e. The van der Waals surface area contributed by atoms with Gasteiger partial charge in [-0.15, -0.1) is 0 Å². The number of carbonyl (C=O) groups excluding carboxylic acids is 2. The standard InChI is InChI=1S/C21H25F2N7O3/c1-20(2,3)33-19(32)29-9-7-21(6-8-24,15(22)12-29)30-11-14(17(25)31)18(28-30)27-13-4-5-16(23)26-10-13/h4-5,10-11,15H,6-7,9,12H2,1-3H3,(H2,25,31)(H,27,28)/t15-,21+/m1/s1. The zero-order chi connectivity index (χ0) is 24.4. The van der Waals surface area contributed by atoms with E-state index in [0.29, 0.717) is 5.69 Å². The normalized spacial score (nSPS) is 20.7. The number of ether oxygens (including phenoxy) is 1. The Labute approximate surface area is 189 Å². The summed E-state index contributed by atoms with van der Waals surface area (Å²) in [5, 5.41) is 16.5. The van der Waals surface area contributed by atoms with E-state index in [9.17, 15) is 19.2 Å². The van der Waals surface area contributed by atoms with Crippen molar-refractivity contribution >= 4 is 23.5 Å². The Bertz CT molecular complexity index is 1080. The molecule has 1 saturated heterocycles. The molecule has 0 aromatic carbocycles. The minimum atomic E-state index is -1.68. The van der Waals surface area contributed by atoms with E-state index in [1.54, 1.807) is 20.8 Å². The van der Waals surface area contributed by atoms with E-state index in [4.69, 9.17) is 10.5 Å². The van der Waals surface area contributed by atoms with Gasteiger partial charge in [-0.25, -0.2) is 14.2 Å². The van der Waals surface area contributed by atoms with Crippen molar-refractivity contribution in [3.63, 3.8) is 0 Å². The fourth-order valence-corrected chi connectivity index (χ4v) is 3.57. The van der Waals surface area contributed by atoms with Crippen molar-refractivity contribution in [1.29, 1.82) is 5.26 Å². The van der Waals surface area contributed by atoms with Crippen LogP contribution in [0.2, 0.25) is 0 Å². The number of nitrogens with two attached hydrogens (primary N) is 1. The van der Waals surface area contributed by atoms with Crippen LogP contribution in [0.5, 0.6) is 0 Å². The summed E-state index contributed by atoms with van der Waals surface area (Å²) in [6.07, 6.45) is -0.0676. The summed E-state index contributed by atoms with van der Waals surface area (Å²) >= 11 is 0. The van der Waals surface area contributed by atoms with Crippen LogP contribution in [-0.2, 0) is 10.3 Å². The lowest BCUT2D eigenvalue weighted by Crippen LogP contribution is -2.56. The Hall–Kier alpha value is -3.75. The Morgan fingerprint density at radius 1 is 1.42 bits per heavy atom. The Morgan fingerprint density at radius 2 is 2.15 bits per heavy atom. The van der Waals surface area contributed by atoms with Crippen molar-refractivity contribution < 1.29 is 23.1 Å². The number of alkyl halides is 1. The van der Waals surface area contributed by atoms with Gasteiger partial charge < -0.3 is 20.7 Å². The maximum absolute atomic E-state index is 15.6. The summed E-state index contributed by atoms with van der Waals surface area (Å²) in [5.74, 6) is -1.51. The highest BCUT2D eigenvalue weighted by molar-refractivity contribution is 5.98. The maximum atomic E-state index is 15.6. The highest BCUT2D eigenvalue weighted by Crippen LogP contribution is 2.37. The third-order valence-corrected chi connectivity index (χ3v) is 5.24. The first-order valence-electron chi connectivity index (χ1n) is 10.2. The number of nitriles is 1. The number of likely N-dealkylation sites (tertiary alicyclic amines) is 1. The number of hydrogen-bond acceptors (Lipinski definition) is 7. The molecule has 1 aliphatic rings. The number of amides is 2. The lowest BCUT2D eigenvalue weighted by Gasteiger charge is -2.43. The minimum absolute atomic E-state index is 0.00925. The van der Waals surface area contributed by atoms with Crippen LogP contribution in [0.25, 0.3) is 0 Å². The fourth-order valence-electron chi connectivity index (χ4n) is 3.57. The van der Waals surface area contributed by atoms with E-state index < -0.39 is 35.3 Å². The Balaban J connectivity index is 1.91. The number of nitrogens with one attached hydrogen (secondary N) is 1. The van der Waals surface area contributed by atoms with Gasteiger partial charge in [-0.05, 0) is 39.3 Å². The zero-order valence-electron chi connectivity index (χ0n) is 18.5. The molecule has 2 aromatic heterocycles. The van der Waals surface area contributed by atoms with E-state index in [1.165, 1.54) is 28.0 Å². The van der Waals surface area contributed by atoms with Crippen LogP contribution in [0.4, 0.5) is 25.1 Å². The van der Waals surface area contributed by atoms with Crippen molar-refractivity contribution in [3.8, 4) is 6.07 Å². The molecule has 12 heteroatoms. The van der Waals surface area contributed by atoms with E-state index in [0.717, 1.165) is 6.07 Å². The van der Waals surface area contributed by atoms with Gasteiger partial charge in [0.05, 0.1) is 30.9 Å². The van der Waals surface area contributed by atoms with E-state index in [1.807, 2.05) is 6.07 Å². The van der Waals surface area contributed by atoms with Crippen LogP contribution in [-0.4, -0.2) is 56.5 Å². The van der Waals surface area contributed by atoms with Crippen molar-refractivity contribution in [1.82, 2.24) is 19.7 Å². The van der Waals surface area contributed by atoms with Crippen LogP contribution < -0.4 is 11.1 Å². The summed E-state index contributed by atoms with van der Waals surface area (Å²) < 4.78 is 35.2. The molecule has 0 saturated carbocycles. The van der Waals surface area contributed by atoms with Crippen molar-refractivity contribution in [2.24, 2.45) is 5.73 Å². The number of rotatable bonds is 5. The summed E-state index contributed by atoms with van der Waals surface area (Å²) in [6.45, 7) is 4.94. The molecule has 0 spiro atoms. The van der Waals surface area contributed by atoms with Gasteiger partial charge in [-0.3, -0.25) is 9.48 Å². The molecule has 2 amide bonds. The smallest absolute Gasteiger partial charge is 0.410 e. The topological polar surface area (TPSA) is 139 Å². The third kappa shape index (κ3) is 5.19. The van der Waals surface area contributed by atoms with Crippen LogP contribution in [0.3, 0.4) is 0 Å². The lowest BCUT2D eigenvalue weighted by atomic mass is 9.83. The molecule has 0 aliphatic carbocycles. The number of primary amides is 1. The molecule has 2 atom stereocenters. The SMILES string of the molecule is CC(C)(C)OC(=O)N1CC[C@](CC#N)(n2cc(C(N)=O)c(Nc3ccc(F)nc3)n2)[C@H](F)C1. The van der Waals surface area contributed by atoms with Crippen molar-refractivity contribution in [2.45, 2.75) is 50.9 Å². The molecule has 1 fully saturated rings. The molecule has 0 radical (unpaired) electrons. The summed E-state index contributed by atoms with van der Waals surface area (Å²) in [4.78, 5) is 29.2. The van der Waals surface area contributed by atoms with Gasteiger partial charge in [0.2, 0.25) is 5.95 Å². The summed E-state index contributed by atoms with van der Waals surface area (Å²) in [5.41, 5.74) is 3.59. The molecule has 0 unspecified atom stereocenters. The molecule has 1 aliphatic heterocycles.